The lowest BCUT2D eigenvalue weighted by Crippen LogP contribution is -2.09. The number of thiazole rings is 1. The molecule has 6 nitrogen and oxygen atoms in total. The Hall–Kier alpha value is -2.25. The second-order valence-electron chi connectivity index (χ2n) is 7.06. The number of rotatable bonds is 7. The minimum Gasteiger partial charge on any atom is -0.463 e. The average molecular weight is 416 g/mol. The second-order valence-corrected chi connectivity index (χ2v) is 8.71. The molecule has 0 spiro atoms. The van der Waals surface area contributed by atoms with Gasteiger partial charge in [-0.1, -0.05) is 11.6 Å². The highest BCUT2D eigenvalue weighted by molar-refractivity contribution is 7.11. The normalized spacial score (nSPS) is 18.1. The van der Waals surface area contributed by atoms with Crippen molar-refractivity contribution in [1.29, 1.82) is 0 Å². The van der Waals surface area contributed by atoms with Crippen LogP contribution in [0.4, 0.5) is 5.82 Å². The maximum Gasteiger partial charge on any atom is 0.319 e. The number of nitrogens with one attached hydrogen (secondary N) is 1. The molecule has 3 aromatic rings. The van der Waals surface area contributed by atoms with Crippen LogP contribution in [0.15, 0.2) is 24.5 Å². The molecule has 146 valence electrons. The zero-order chi connectivity index (χ0) is 19.7. The summed E-state index contributed by atoms with van der Waals surface area (Å²) in [5.74, 6) is 1.70. The van der Waals surface area contributed by atoms with E-state index in [1.807, 2.05) is 33.2 Å². The Morgan fingerprint density at radius 2 is 1.96 bits per heavy atom. The highest BCUT2D eigenvalue weighted by Crippen LogP contribution is 2.47. The minimum atomic E-state index is 0.315. The molecule has 1 saturated carbocycles. The molecular formula is C20H22ClN5OS. The molecule has 0 radical (unpaired) electrons. The van der Waals surface area contributed by atoms with Crippen molar-refractivity contribution in [3.05, 3.63) is 56.4 Å². The van der Waals surface area contributed by atoms with Crippen LogP contribution in [0.2, 0.25) is 5.15 Å². The van der Waals surface area contributed by atoms with Gasteiger partial charge >= 0.3 is 6.01 Å². The van der Waals surface area contributed by atoms with Gasteiger partial charge in [-0.15, -0.1) is 11.3 Å². The van der Waals surface area contributed by atoms with Crippen molar-refractivity contribution in [2.24, 2.45) is 5.92 Å². The topological polar surface area (TPSA) is 72.8 Å². The predicted octanol–water partition coefficient (Wildman–Crippen LogP) is 4.70. The number of hydrogen-bond donors (Lipinski definition) is 1. The van der Waals surface area contributed by atoms with Crippen LogP contribution in [0, 0.1) is 26.7 Å². The van der Waals surface area contributed by atoms with Crippen molar-refractivity contribution < 1.29 is 4.74 Å². The summed E-state index contributed by atoms with van der Waals surface area (Å²) in [5.41, 5.74) is 3.16. The van der Waals surface area contributed by atoms with Gasteiger partial charge < -0.3 is 10.1 Å². The zero-order valence-electron chi connectivity index (χ0n) is 16.1. The first-order chi connectivity index (χ1) is 13.5. The van der Waals surface area contributed by atoms with Crippen molar-refractivity contribution in [3.63, 3.8) is 0 Å². The Bertz CT molecular complexity index is 978. The van der Waals surface area contributed by atoms with E-state index in [0.29, 0.717) is 42.0 Å². The lowest BCUT2D eigenvalue weighted by atomic mass is 10.1. The molecule has 1 fully saturated rings. The molecule has 4 rings (SSSR count). The van der Waals surface area contributed by atoms with E-state index >= 15 is 0 Å². The summed E-state index contributed by atoms with van der Waals surface area (Å²) < 4.78 is 5.87. The zero-order valence-corrected chi connectivity index (χ0v) is 17.6. The smallest absolute Gasteiger partial charge is 0.319 e. The van der Waals surface area contributed by atoms with Crippen LogP contribution in [-0.4, -0.2) is 26.5 Å². The van der Waals surface area contributed by atoms with Gasteiger partial charge in [-0.2, -0.15) is 9.97 Å². The molecule has 3 heterocycles. The summed E-state index contributed by atoms with van der Waals surface area (Å²) in [7, 11) is 0. The number of hydrogen-bond acceptors (Lipinski definition) is 7. The fourth-order valence-corrected chi connectivity index (χ4v) is 4.28. The summed E-state index contributed by atoms with van der Waals surface area (Å²) in [6.45, 7) is 7.16. The van der Waals surface area contributed by atoms with Crippen LogP contribution in [-0.2, 0) is 6.54 Å². The third-order valence-corrected chi connectivity index (χ3v) is 6.41. The van der Waals surface area contributed by atoms with Crippen LogP contribution >= 0.6 is 22.9 Å². The van der Waals surface area contributed by atoms with E-state index in [0.717, 1.165) is 22.7 Å². The summed E-state index contributed by atoms with van der Waals surface area (Å²) in [6, 6.07) is 4.44. The van der Waals surface area contributed by atoms with E-state index in [1.54, 1.807) is 11.3 Å². The Morgan fingerprint density at radius 1 is 1.18 bits per heavy atom. The third kappa shape index (κ3) is 4.25. The van der Waals surface area contributed by atoms with Crippen molar-refractivity contribution in [3.8, 4) is 6.01 Å². The van der Waals surface area contributed by atoms with E-state index in [4.69, 9.17) is 16.3 Å². The van der Waals surface area contributed by atoms with Crippen molar-refractivity contribution in [1.82, 2.24) is 19.9 Å². The fourth-order valence-electron chi connectivity index (χ4n) is 3.24. The van der Waals surface area contributed by atoms with Gasteiger partial charge in [0, 0.05) is 28.8 Å². The maximum atomic E-state index is 6.30. The number of aromatic nitrogens is 4. The van der Waals surface area contributed by atoms with E-state index in [9.17, 15) is 0 Å². The summed E-state index contributed by atoms with van der Waals surface area (Å²) >= 11 is 7.99. The van der Waals surface area contributed by atoms with Gasteiger partial charge in [0.1, 0.15) is 11.0 Å². The van der Waals surface area contributed by atoms with E-state index < -0.39 is 0 Å². The average Bonchev–Trinajstić information content (AvgIpc) is 3.39. The van der Waals surface area contributed by atoms with Gasteiger partial charge in [-0.3, -0.25) is 4.98 Å². The number of nitrogens with zero attached hydrogens (tertiary/aromatic N) is 4. The van der Waals surface area contributed by atoms with E-state index in [1.165, 1.54) is 10.4 Å². The third-order valence-electron chi connectivity index (χ3n) is 4.97. The molecule has 2 atom stereocenters. The lowest BCUT2D eigenvalue weighted by molar-refractivity contribution is 0.274. The molecule has 8 heteroatoms. The largest absolute Gasteiger partial charge is 0.463 e. The van der Waals surface area contributed by atoms with Crippen LogP contribution < -0.4 is 10.1 Å². The number of pyridine rings is 1. The standard InChI is InChI=1S/C20H22ClN5OS/c1-11-18(21)25-20(26-19(11)23-9-17-12(2)24-13(3)28-17)27-10-15-8-16(15)14-4-6-22-7-5-14/h4-7,15-16H,8-10H2,1-3H3,(H,23,25,26). The number of ether oxygens (including phenoxy) is 1. The van der Waals surface area contributed by atoms with Crippen molar-refractivity contribution >= 4 is 28.8 Å². The van der Waals surface area contributed by atoms with Crippen molar-refractivity contribution in [2.45, 2.75) is 39.7 Å². The maximum absolute atomic E-state index is 6.30. The number of anilines is 1. The first-order valence-electron chi connectivity index (χ1n) is 9.25. The molecule has 0 saturated heterocycles. The Labute approximate surface area is 173 Å². The van der Waals surface area contributed by atoms with Gasteiger partial charge in [0.25, 0.3) is 0 Å². The van der Waals surface area contributed by atoms with Crippen LogP contribution in [0.1, 0.15) is 39.0 Å². The highest BCUT2D eigenvalue weighted by Gasteiger charge is 2.39. The highest BCUT2D eigenvalue weighted by atomic mass is 35.5. The van der Waals surface area contributed by atoms with Crippen LogP contribution in [0.3, 0.4) is 0 Å². The molecule has 0 amide bonds. The molecule has 1 N–H and O–H groups in total. The Balaban J connectivity index is 1.39. The molecule has 1 aliphatic carbocycles. The number of aryl methyl sites for hydroxylation is 2. The van der Waals surface area contributed by atoms with Crippen molar-refractivity contribution in [2.75, 3.05) is 11.9 Å². The quantitative estimate of drug-likeness (QED) is 0.564. The molecule has 28 heavy (non-hydrogen) atoms. The lowest BCUT2D eigenvalue weighted by Gasteiger charge is -2.11. The molecular weight excluding hydrogens is 394 g/mol. The van der Waals surface area contributed by atoms with Gasteiger partial charge in [-0.05, 0) is 50.8 Å². The van der Waals surface area contributed by atoms with Gasteiger partial charge in [0.2, 0.25) is 0 Å². The SMILES string of the molecule is Cc1nc(C)c(CNc2nc(OCC3CC3c3ccncc3)nc(Cl)c2C)s1. The predicted molar refractivity (Wildman–Crippen MR) is 111 cm³/mol. The number of halogens is 1. The Morgan fingerprint density at radius 3 is 2.68 bits per heavy atom. The summed E-state index contributed by atoms with van der Waals surface area (Å²) in [6.07, 6.45) is 4.77. The Kier molecular flexibility index (Phi) is 5.46. The van der Waals surface area contributed by atoms with Crippen LogP contribution in [0.5, 0.6) is 6.01 Å². The van der Waals surface area contributed by atoms with Gasteiger partial charge in [0.15, 0.2) is 0 Å². The summed E-state index contributed by atoms with van der Waals surface area (Å²) in [4.78, 5) is 18.5. The molecule has 3 aromatic heterocycles. The monoisotopic (exact) mass is 415 g/mol. The fraction of sp³-hybridized carbons (Fsp3) is 0.400. The molecule has 0 bridgehead atoms. The molecule has 0 aliphatic heterocycles. The van der Waals surface area contributed by atoms with Gasteiger partial charge in [0.05, 0.1) is 23.9 Å². The van der Waals surface area contributed by atoms with Gasteiger partial charge in [-0.25, -0.2) is 4.98 Å². The van der Waals surface area contributed by atoms with Crippen LogP contribution in [0.25, 0.3) is 0 Å². The summed E-state index contributed by atoms with van der Waals surface area (Å²) in [5, 5.41) is 4.82. The van der Waals surface area contributed by atoms with E-state index in [-0.39, 0.29) is 0 Å². The molecule has 2 unspecified atom stereocenters. The first kappa shape index (κ1) is 19.1. The second kappa shape index (κ2) is 8.01. The van der Waals surface area contributed by atoms with E-state index in [2.05, 4.69) is 37.4 Å². The molecule has 1 aliphatic rings. The first-order valence-corrected chi connectivity index (χ1v) is 10.4. The molecule has 0 aromatic carbocycles. The minimum absolute atomic E-state index is 0.315.